The highest BCUT2D eigenvalue weighted by Gasteiger charge is 2.13. The summed E-state index contributed by atoms with van der Waals surface area (Å²) in [6.07, 6.45) is 0.324. The molecular formula is C14H18FNO4. The Bertz CT molecular complexity index is 490. The molecule has 0 spiro atoms. The van der Waals surface area contributed by atoms with Gasteiger partial charge in [-0.2, -0.15) is 0 Å². The molecule has 0 bridgehead atoms. The molecule has 0 aliphatic carbocycles. The van der Waals surface area contributed by atoms with Crippen molar-refractivity contribution in [3.8, 4) is 5.75 Å². The summed E-state index contributed by atoms with van der Waals surface area (Å²) < 4.78 is 18.2. The summed E-state index contributed by atoms with van der Waals surface area (Å²) in [5.41, 5.74) is 0.454. The van der Waals surface area contributed by atoms with Crippen LogP contribution >= 0.6 is 0 Å². The Labute approximate surface area is 116 Å². The Morgan fingerprint density at radius 2 is 2.15 bits per heavy atom. The number of carbonyl (C=O) groups is 2. The van der Waals surface area contributed by atoms with Crippen LogP contribution in [0.1, 0.15) is 25.3 Å². The van der Waals surface area contributed by atoms with Crippen LogP contribution in [-0.2, 0) is 16.0 Å². The van der Waals surface area contributed by atoms with Crippen LogP contribution in [0, 0.1) is 5.82 Å². The number of carbonyl (C=O) groups excluding carboxylic acids is 1. The van der Waals surface area contributed by atoms with Gasteiger partial charge in [0.05, 0.1) is 13.5 Å². The highest BCUT2D eigenvalue weighted by molar-refractivity contribution is 5.79. The van der Waals surface area contributed by atoms with E-state index in [1.54, 1.807) is 6.92 Å². The van der Waals surface area contributed by atoms with Crippen molar-refractivity contribution < 1.29 is 23.8 Å². The van der Waals surface area contributed by atoms with E-state index in [1.165, 1.54) is 25.3 Å². The largest absolute Gasteiger partial charge is 0.496 e. The molecule has 1 aromatic rings. The molecule has 0 fully saturated rings. The van der Waals surface area contributed by atoms with Gasteiger partial charge in [-0.15, -0.1) is 0 Å². The molecule has 20 heavy (non-hydrogen) atoms. The van der Waals surface area contributed by atoms with Gasteiger partial charge < -0.3 is 15.2 Å². The Kier molecular flexibility index (Phi) is 5.96. The van der Waals surface area contributed by atoms with Gasteiger partial charge in [0.25, 0.3) is 0 Å². The SMILES string of the molecule is COc1ccc(F)cc1CC(=O)NC(C)CCC(=O)O. The lowest BCUT2D eigenvalue weighted by Crippen LogP contribution is -2.34. The minimum absolute atomic E-state index is 0.00919. The molecule has 0 radical (unpaired) electrons. The highest BCUT2D eigenvalue weighted by atomic mass is 19.1. The summed E-state index contributed by atoms with van der Waals surface area (Å²) in [5, 5.41) is 11.2. The molecule has 5 nitrogen and oxygen atoms in total. The number of hydrogen-bond donors (Lipinski definition) is 2. The number of hydrogen-bond acceptors (Lipinski definition) is 3. The van der Waals surface area contributed by atoms with E-state index in [0.29, 0.717) is 17.7 Å². The Hall–Kier alpha value is -2.11. The first-order valence-corrected chi connectivity index (χ1v) is 6.26. The van der Waals surface area contributed by atoms with Crippen molar-refractivity contribution in [2.24, 2.45) is 0 Å². The minimum atomic E-state index is -0.905. The fraction of sp³-hybridized carbons (Fsp3) is 0.429. The molecule has 0 saturated carbocycles. The average Bonchev–Trinajstić information content (AvgIpc) is 2.36. The van der Waals surface area contributed by atoms with Crippen LogP contribution in [-0.4, -0.2) is 30.1 Å². The van der Waals surface area contributed by atoms with Crippen LogP contribution in [0.25, 0.3) is 0 Å². The Morgan fingerprint density at radius 1 is 1.45 bits per heavy atom. The molecule has 0 aliphatic rings. The predicted octanol–water partition coefficient (Wildman–Crippen LogP) is 1.75. The molecule has 6 heteroatoms. The number of amides is 1. The Balaban J connectivity index is 2.57. The van der Waals surface area contributed by atoms with Crippen LogP contribution in [0.4, 0.5) is 4.39 Å². The lowest BCUT2D eigenvalue weighted by atomic mass is 10.1. The Morgan fingerprint density at radius 3 is 2.75 bits per heavy atom. The summed E-state index contributed by atoms with van der Waals surface area (Å²) in [6, 6.07) is 3.72. The quantitative estimate of drug-likeness (QED) is 0.799. The smallest absolute Gasteiger partial charge is 0.303 e. The molecule has 110 valence electrons. The maximum Gasteiger partial charge on any atom is 0.303 e. The van der Waals surface area contributed by atoms with Gasteiger partial charge in [-0.05, 0) is 31.5 Å². The number of rotatable bonds is 7. The second kappa shape index (κ2) is 7.47. The molecule has 1 rings (SSSR count). The fourth-order valence-corrected chi connectivity index (χ4v) is 1.80. The van der Waals surface area contributed by atoms with E-state index in [1.807, 2.05) is 0 Å². The lowest BCUT2D eigenvalue weighted by Gasteiger charge is -2.14. The molecule has 2 N–H and O–H groups in total. The van der Waals surface area contributed by atoms with Crippen molar-refractivity contribution in [1.29, 1.82) is 0 Å². The zero-order valence-electron chi connectivity index (χ0n) is 11.5. The predicted molar refractivity (Wildman–Crippen MR) is 71.1 cm³/mol. The normalized spacial score (nSPS) is 11.8. The van der Waals surface area contributed by atoms with Crippen LogP contribution in [0.2, 0.25) is 0 Å². The van der Waals surface area contributed by atoms with E-state index in [9.17, 15) is 14.0 Å². The maximum atomic E-state index is 13.2. The molecule has 0 heterocycles. The zero-order chi connectivity index (χ0) is 15.1. The molecular weight excluding hydrogens is 265 g/mol. The molecule has 1 atom stereocenters. The van der Waals surface area contributed by atoms with Gasteiger partial charge in [-0.3, -0.25) is 9.59 Å². The van der Waals surface area contributed by atoms with Crippen molar-refractivity contribution in [3.63, 3.8) is 0 Å². The first kappa shape index (κ1) is 15.9. The maximum absolute atomic E-state index is 13.2. The molecule has 1 aromatic carbocycles. The van der Waals surface area contributed by atoms with Crippen LogP contribution in [0.5, 0.6) is 5.75 Å². The number of halogens is 1. The van der Waals surface area contributed by atoms with Gasteiger partial charge in [0.2, 0.25) is 5.91 Å². The number of carboxylic acid groups (broad SMARTS) is 1. The fourth-order valence-electron chi connectivity index (χ4n) is 1.80. The van der Waals surface area contributed by atoms with Crippen molar-refractivity contribution in [2.75, 3.05) is 7.11 Å². The molecule has 1 amide bonds. The van der Waals surface area contributed by atoms with Gasteiger partial charge in [0.1, 0.15) is 11.6 Å². The highest BCUT2D eigenvalue weighted by Crippen LogP contribution is 2.19. The molecule has 0 aromatic heterocycles. The first-order chi connectivity index (χ1) is 9.42. The van der Waals surface area contributed by atoms with Gasteiger partial charge in [0, 0.05) is 18.0 Å². The van der Waals surface area contributed by atoms with E-state index in [2.05, 4.69) is 5.32 Å². The second-order valence-corrected chi connectivity index (χ2v) is 4.53. The van der Waals surface area contributed by atoms with Gasteiger partial charge >= 0.3 is 5.97 Å². The summed E-state index contributed by atoms with van der Waals surface area (Å²) in [5.74, 6) is -1.20. The van der Waals surface area contributed by atoms with Gasteiger partial charge in [-0.25, -0.2) is 4.39 Å². The lowest BCUT2D eigenvalue weighted by molar-refractivity contribution is -0.137. The summed E-state index contributed by atoms with van der Waals surface area (Å²) in [6.45, 7) is 1.73. The van der Waals surface area contributed by atoms with E-state index in [4.69, 9.17) is 9.84 Å². The van der Waals surface area contributed by atoms with Crippen LogP contribution in [0.3, 0.4) is 0 Å². The van der Waals surface area contributed by atoms with Crippen molar-refractivity contribution in [1.82, 2.24) is 5.32 Å². The monoisotopic (exact) mass is 283 g/mol. The summed E-state index contributed by atoms with van der Waals surface area (Å²) in [7, 11) is 1.45. The molecule has 0 aliphatic heterocycles. The van der Waals surface area contributed by atoms with Gasteiger partial charge in [-0.1, -0.05) is 0 Å². The van der Waals surface area contributed by atoms with Crippen LogP contribution < -0.4 is 10.1 Å². The minimum Gasteiger partial charge on any atom is -0.496 e. The van der Waals surface area contributed by atoms with E-state index in [-0.39, 0.29) is 24.8 Å². The van der Waals surface area contributed by atoms with E-state index < -0.39 is 11.8 Å². The summed E-state index contributed by atoms with van der Waals surface area (Å²) >= 11 is 0. The van der Waals surface area contributed by atoms with E-state index in [0.717, 1.165) is 0 Å². The standard InChI is InChI=1S/C14H18FNO4/c1-9(3-6-14(18)19)16-13(17)8-10-7-11(15)4-5-12(10)20-2/h4-5,7,9H,3,6,8H2,1-2H3,(H,16,17)(H,18,19). The first-order valence-electron chi connectivity index (χ1n) is 6.26. The van der Waals surface area contributed by atoms with Crippen LogP contribution in [0.15, 0.2) is 18.2 Å². The molecule has 0 saturated heterocycles. The van der Waals surface area contributed by atoms with Crippen molar-refractivity contribution in [3.05, 3.63) is 29.6 Å². The third-order valence-electron chi connectivity index (χ3n) is 2.79. The number of aliphatic carboxylic acids is 1. The third kappa shape index (κ3) is 5.26. The number of ether oxygens (including phenoxy) is 1. The second-order valence-electron chi connectivity index (χ2n) is 4.53. The van der Waals surface area contributed by atoms with E-state index >= 15 is 0 Å². The number of nitrogens with one attached hydrogen (secondary N) is 1. The molecule has 1 unspecified atom stereocenters. The topological polar surface area (TPSA) is 75.6 Å². The van der Waals surface area contributed by atoms with Crippen molar-refractivity contribution >= 4 is 11.9 Å². The summed E-state index contributed by atoms with van der Waals surface area (Å²) in [4.78, 5) is 22.2. The average molecular weight is 283 g/mol. The number of benzene rings is 1. The number of carboxylic acids is 1. The van der Waals surface area contributed by atoms with Gasteiger partial charge in [0.15, 0.2) is 0 Å². The number of methoxy groups -OCH3 is 1. The van der Waals surface area contributed by atoms with Crippen molar-refractivity contribution in [2.45, 2.75) is 32.2 Å². The third-order valence-corrected chi connectivity index (χ3v) is 2.79. The zero-order valence-corrected chi connectivity index (χ0v) is 11.5.